The summed E-state index contributed by atoms with van der Waals surface area (Å²) in [6.07, 6.45) is 6.66. The number of rotatable bonds is 5. The van der Waals surface area contributed by atoms with Gasteiger partial charge in [0.25, 0.3) is 5.91 Å². The molecule has 3 N–H and O–H groups in total. The molecule has 3 amide bonds. The summed E-state index contributed by atoms with van der Waals surface area (Å²) in [7, 11) is 0. The number of hydrazone groups is 1. The highest BCUT2D eigenvalue weighted by molar-refractivity contribution is 6.40. The van der Waals surface area contributed by atoms with Crippen LogP contribution in [0.5, 0.6) is 11.5 Å². The lowest BCUT2D eigenvalue weighted by atomic mass is 9.95. The monoisotopic (exact) mass is 436 g/mol. The molecule has 2 aromatic rings. The predicted octanol–water partition coefficient (Wildman–Crippen LogP) is 2.57. The molecule has 0 aromatic heterocycles. The summed E-state index contributed by atoms with van der Waals surface area (Å²) in [4.78, 5) is 37.1. The van der Waals surface area contributed by atoms with Crippen LogP contribution in [-0.4, -0.2) is 36.8 Å². The third-order valence-electron chi connectivity index (χ3n) is 5.34. The van der Waals surface area contributed by atoms with E-state index in [9.17, 15) is 14.4 Å². The Morgan fingerprint density at radius 2 is 1.72 bits per heavy atom. The van der Waals surface area contributed by atoms with Crippen LogP contribution >= 0.6 is 0 Å². The van der Waals surface area contributed by atoms with Gasteiger partial charge in [-0.05, 0) is 48.7 Å². The van der Waals surface area contributed by atoms with E-state index in [4.69, 9.17) is 9.47 Å². The van der Waals surface area contributed by atoms with Crippen molar-refractivity contribution in [2.75, 3.05) is 12.1 Å². The number of nitrogens with one attached hydrogen (secondary N) is 3. The first-order valence-electron chi connectivity index (χ1n) is 10.5. The van der Waals surface area contributed by atoms with Crippen LogP contribution < -0.4 is 25.5 Å². The second-order valence-corrected chi connectivity index (χ2v) is 7.62. The van der Waals surface area contributed by atoms with Gasteiger partial charge in [-0.1, -0.05) is 31.4 Å². The summed E-state index contributed by atoms with van der Waals surface area (Å²) >= 11 is 0. The zero-order valence-corrected chi connectivity index (χ0v) is 17.4. The fourth-order valence-electron chi connectivity index (χ4n) is 3.69. The van der Waals surface area contributed by atoms with Crippen LogP contribution in [0.3, 0.4) is 0 Å². The number of hydrogen-bond acceptors (Lipinski definition) is 6. The molecule has 9 heteroatoms. The van der Waals surface area contributed by atoms with E-state index in [-0.39, 0.29) is 24.4 Å². The zero-order chi connectivity index (χ0) is 22.3. The van der Waals surface area contributed by atoms with Crippen molar-refractivity contribution in [3.05, 3.63) is 53.6 Å². The minimum Gasteiger partial charge on any atom is -0.454 e. The van der Waals surface area contributed by atoms with E-state index in [1.165, 1.54) is 12.6 Å². The highest BCUT2D eigenvalue weighted by Crippen LogP contribution is 2.32. The van der Waals surface area contributed by atoms with Crippen molar-refractivity contribution in [2.45, 2.75) is 38.1 Å². The molecule has 0 saturated heterocycles. The third-order valence-corrected chi connectivity index (χ3v) is 5.34. The van der Waals surface area contributed by atoms with E-state index in [2.05, 4.69) is 21.2 Å². The van der Waals surface area contributed by atoms with Gasteiger partial charge in [0.2, 0.25) is 6.79 Å². The minimum absolute atomic E-state index is 0.133. The first-order chi connectivity index (χ1) is 15.6. The Balaban J connectivity index is 1.34. The lowest BCUT2D eigenvalue weighted by Gasteiger charge is -2.23. The largest absolute Gasteiger partial charge is 0.454 e. The minimum atomic E-state index is -0.954. The number of fused-ring (bicyclic) bond motifs is 1. The standard InChI is InChI=1S/C23H24N4O5/c28-21(25-16-6-2-1-3-7-16)17-8-4-5-9-18(17)26-22(29)23(30)27-24-13-15-10-11-19-20(12-15)32-14-31-19/h4-5,8-13,16H,1-3,6-7,14H2,(H,25,28)(H,26,29)(H,27,30)/b24-13+. The van der Waals surface area contributed by atoms with E-state index in [0.717, 1.165) is 25.7 Å². The van der Waals surface area contributed by atoms with Crippen molar-refractivity contribution >= 4 is 29.6 Å². The summed E-state index contributed by atoms with van der Waals surface area (Å²) < 4.78 is 10.5. The topological polar surface area (TPSA) is 118 Å². The summed E-state index contributed by atoms with van der Waals surface area (Å²) in [6.45, 7) is 0.160. The average Bonchev–Trinajstić information content (AvgIpc) is 3.28. The summed E-state index contributed by atoms with van der Waals surface area (Å²) in [5.41, 5.74) is 3.42. The molecule has 166 valence electrons. The first-order valence-corrected chi connectivity index (χ1v) is 10.5. The Kier molecular flexibility index (Phi) is 6.64. The van der Waals surface area contributed by atoms with Gasteiger partial charge in [0.1, 0.15) is 0 Å². The van der Waals surface area contributed by atoms with Gasteiger partial charge in [0.15, 0.2) is 11.5 Å². The van der Waals surface area contributed by atoms with Gasteiger partial charge < -0.3 is 20.1 Å². The fourth-order valence-corrected chi connectivity index (χ4v) is 3.69. The van der Waals surface area contributed by atoms with Gasteiger partial charge in [0.05, 0.1) is 17.5 Å². The van der Waals surface area contributed by atoms with Crippen molar-refractivity contribution in [1.29, 1.82) is 0 Å². The number of para-hydroxylation sites is 1. The third kappa shape index (κ3) is 5.23. The maximum Gasteiger partial charge on any atom is 0.329 e. The van der Waals surface area contributed by atoms with Crippen molar-refractivity contribution in [3.63, 3.8) is 0 Å². The van der Waals surface area contributed by atoms with E-state index in [0.29, 0.717) is 22.6 Å². The molecular weight excluding hydrogens is 412 g/mol. The van der Waals surface area contributed by atoms with E-state index < -0.39 is 11.8 Å². The molecule has 4 rings (SSSR count). The summed E-state index contributed by atoms with van der Waals surface area (Å²) in [6, 6.07) is 11.9. The Morgan fingerprint density at radius 1 is 0.938 bits per heavy atom. The van der Waals surface area contributed by atoms with Crippen molar-refractivity contribution < 1.29 is 23.9 Å². The molecule has 0 radical (unpaired) electrons. The van der Waals surface area contributed by atoms with E-state index in [1.54, 1.807) is 42.5 Å². The molecule has 1 fully saturated rings. The molecule has 0 atom stereocenters. The van der Waals surface area contributed by atoms with Gasteiger partial charge in [-0.25, -0.2) is 5.43 Å². The van der Waals surface area contributed by atoms with Crippen molar-refractivity contribution in [2.24, 2.45) is 5.10 Å². The maximum absolute atomic E-state index is 12.7. The number of benzene rings is 2. The number of ether oxygens (including phenoxy) is 2. The Labute approximate surface area is 185 Å². The van der Waals surface area contributed by atoms with Gasteiger partial charge >= 0.3 is 11.8 Å². The van der Waals surface area contributed by atoms with Crippen molar-refractivity contribution in [3.8, 4) is 11.5 Å². The Hall–Kier alpha value is -3.88. The number of carbonyl (C=O) groups is 3. The van der Waals surface area contributed by atoms with Gasteiger partial charge in [0, 0.05) is 6.04 Å². The molecule has 1 saturated carbocycles. The predicted molar refractivity (Wildman–Crippen MR) is 118 cm³/mol. The molecule has 0 spiro atoms. The summed E-state index contributed by atoms with van der Waals surface area (Å²) in [5.74, 6) is -0.929. The highest BCUT2D eigenvalue weighted by Gasteiger charge is 2.21. The second-order valence-electron chi connectivity index (χ2n) is 7.62. The zero-order valence-electron chi connectivity index (χ0n) is 17.4. The molecule has 1 aliphatic heterocycles. The maximum atomic E-state index is 12.7. The van der Waals surface area contributed by atoms with Gasteiger partial charge in [-0.15, -0.1) is 0 Å². The molecule has 9 nitrogen and oxygen atoms in total. The van der Waals surface area contributed by atoms with Gasteiger partial charge in [-0.2, -0.15) is 5.10 Å². The van der Waals surface area contributed by atoms with E-state index in [1.807, 2.05) is 0 Å². The van der Waals surface area contributed by atoms with Crippen LogP contribution in [0.4, 0.5) is 5.69 Å². The summed E-state index contributed by atoms with van der Waals surface area (Å²) in [5, 5.41) is 9.31. The number of hydrogen-bond donors (Lipinski definition) is 3. The quantitative estimate of drug-likeness (QED) is 0.378. The van der Waals surface area contributed by atoms with Crippen LogP contribution in [0.25, 0.3) is 0 Å². The average molecular weight is 436 g/mol. The number of nitrogens with zero attached hydrogens (tertiary/aromatic N) is 1. The Morgan fingerprint density at radius 3 is 2.56 bits per heavy atom. The van der Waals surface area contributed by atoms with E-state index >= 15 is 0 Å². The number of amides is 3. The molecule has 0 bridgehead atoms. The first kappa shape index (κ1) is 21.4. The lowest BCUT2D eigenvalue weighted by molar-refractivity contribution is -0.136. The molecular formula is C23H24N4O5. The normalized spacial score (nSPS) is 15.4. The SMILES string of the molecule is O=C(N/N=C/c1ccc2c(c1)OCO2)C(=O)Nc1ccccc1C(=O)NC1CCCCC1. The molecule has 2 aliphatic rings. The molecule has 0 unspecified atom stereocenters. The highest BCUT2D eigenvalue weighted by atomic mass is 16.7. The van der Waals surface area contributed by atoms with Crippen LogP contribution in [0.2, 0.25) is 0 Å². The molecule has 32 heavy (non-hydrogen) atoms. The van der Waals surface area contributed by atoms with Crippen LogP contribution in [0, 0.1) is 0 Å². The second kappa shape index (κ2) is 9.95. The molecule has 2 aromatic carbocycles. The molecule has 1 aliphatic carbocycles. The van der Waals surface area contributed by atoms with Gasteiger partial charge in [-0.3, -0.25) is 14.4 Å². The number of anilines is 1. The smallest absolute Gasteiger partial charge is 0.329 e. The van der Waals surface area contributed by atoms with Crippen LogP contribution in [0.15, 0.2) is 47.6 Å². The van der Waals surface area contributed by atoms with Crippen LogP contribution in [0.1, 0.15) is 48.0 Å². The molecule has 1 heterocycles. The number of carbonyl (C=O) groups excluding carboxylic acids is 3. The van der Waals surface area contributed by atoms with Crippen LogP contribution in [-0.2, 0) is 9.59 Å². The Bertz CT molecular complexity index is 1050. The van der Waals surface area contributed by atoms with Crippen molar-refractivity contribution in [1.82, 2.24) is 10.7 Å². The fraction of sp³-hybridized carbons (Fsp3) is 0.304. The lowest BCUT2D eigenvalue weighted by Crippen LogP contribution is -2.37.